The van der Waals surface area contributed by atoms with Gasteiger partial charge in [-0.1, -0.05) is 12.8 Å². The highest BCUT2D eigenvalue weighted by Crippen LogP contribution is 2.31. The molecule has 4 saturated heterocycles. The van der Waals surface area contributed by atoms with Gasteiger partial charge in [0, 0.05) is 26.2 Å². The Morgan fingerprint density at radius 1 is 0.613 bits per heavy atom. The smallest absolute Gasteiger partial charge is 0.245 e. The Kier molecular flexibility index (Phi) is 24.7. The Labute approximate surface area is 436 Å². The van der Waals surface area contributed by atoms with Crippen LogP contribution in [-0.4, -0.2) is 238 Å². The number of carbonyl (C=O) groups excluding carboxylic acids is 13. The Hall–Kier alpha value is -5.90. The third-order valence-corrected chi connectivity index (χ3v) is 13.6. The van der Waals surface area contributed by atoms with Gasteiger partial charge in [-0.25, -0.2) is 20.5 Å². The van der Waals surface area contributed by atoms with Gasteiger partial charge in [0.15, 0.2) is 17.3 Å². The number of hydrogen-bond acceptors (Lipinski definition) is 23. The van der Waals surface area contributed by atoms with Crippen molar-refractivity contribution >= 4 is 89.0 Å². The van der Waals surface area contributed by atoms with Crippen molar-refractivity contribution < 1.29 is 77.6 Å². The van der Waals surface area contributed by atoms with E-state index in [1.165, 1.54) is 16.8 Å². The molecule has 0 saturated carbocycles. The maximum absolute atomic E-state index is 14.0. The summed E-state index contributed by atoms with van der Waals surface area (Å²) < 4.78 is 2.20. The quantitative estimate of drug-likeness (QED) is 0.0169. The minimum Gasteiger partial charge on any atom is -0.394 e. The van der Waals surface area contributed by atoms with Crippen LogP contribution in [0, 0.1) is 0 Å². The first-order valence-electron chi connectivity index (χ1n) is 24.6. The van der Waals surface area contributed by atoms with Crippen molar-refractivity contribution in [1.29, 1.82) is 0 Å². The first-order valence-corrected chi connectivity index (χ1v) is 25.1. The fourth-order valence-corrected chi connectivity index (χ4v) is 9.32. The number of hydrazine groups is 2. The lowest BCUT2D eigenvalue weighted by molar-refractivity contribution is -0.152. The molecule has 30 nitrogen and oxygen atoms in total. The lowest BCUT2D eigenvalue weighted by atomic mass is 10.0. The average molecular weight is 1080 g/mol. The normalized spacial score (nSPS) is 22.0. The third-order valence-electron chi connectivity index (χ3n) is 13.2. The summed E-state index contributed by atoms with van der Waals surface area (Å²) in [7, 11) is 0. The maximum atomic E-state index is 14.0. The Bertz CT molecular complexity index is 2160. The van der Waals surface area contributed by atoms with E-state index in [9.17, 15) is 77.6 Å². The van der Waals surface area contributed by atoms with Gasteiger partial charge in [0.2, 0.25) is 58.8 Å². The van der Waals surface area contributed by atoms with Crippen molar-refractivity contribution in [3.05, 3.63) is 0 Å². The number of hydrogen-bond donors (Lipinski definition) is 14. The number of amides is 8. The Balaban J connectivity index is 1.18. The second-order valence-corrected chi connectivity index (χ2v) is 18.8. The van der Waals surface area contributed by atoms with Gasteiger partial charge in [-0.05, 0) is 58.3 Å². The van der Waals surface area contributed by atoms with Gasteiger partial charge in [0.25, 0.3) is 0 Å². The van der Waals surface area contributed by atoms with Crippen LogP contribution < -0.4 is 53.5 Å². The number of rotatable bonds is 32. The van der Waals surface area contributed by atoms with Crippen LogP contribution in [-0.2, 0) is 62.3 Å². The number of Topliss-reactive ketones (excluding diaryl/α,β-unsaturated/α-hetero) is 5. The predicted octanol–water partition coefficient (Wildman–Crippen LogP) is -9.17. The molecule has 31 heteroatoms. The van der Waals surface area contributed by atoms with E-state index in [1.807, 2.05) is 5.01 Å². The number of ketones is 5. The van der Waals surface area contributed by atoms with Crippen molar-refractivity contribution in [1.82, 2.24) is 62.0 Å². The molecule has 4 aliphatic rings. The van der Waals surface area contributed by atoms with Gasteiger partial charge >= 0.3 is 0 Å². The monoisotopic (exact) mass is 1080 g/mol. The zero-order valence-corrected chi connectivity index (χ0v) is 42.5. The number of thiol groups is 1. The van der Waals surface area contributed by atoms with Gasteiger partial charge in [-0.2, -0.15) is 0 Å². The second kappa shape index (κ2) is 30.0. The van der Waals surface area contributed by atoms with E-state index < -0.39 is 183 Å². The van der Waals surface area contributed by atoms with E-state index in [-0.39, 0.29) is 25.4 Å². The Morgan fingerprint density at radius 3 is 1.80 bits per heavy atom. The minimum atomic E-state index is -1.64. The van der Waals surface area contributed by atoms with Crippen molar-refractivity contribution in [3.63, 3.8) is 0 Å². The van der Waals surface area contributed by atoms with Crippen LogP contribution >= 0.6 is 12.8 Å². The van der Waals surface area contributed by atoms with Crippen LogP contribution in [0.25, 0.3) is 0 Å². The fourth-order valence-electron chi connectivity index (χ4n) is 9.11. The number of likely N-dealkylation sites (tertiary alicyclic amines) is 1. The number of nitrogens with one attached hydrogen (secondary N) is 8. The summed E-state index contributed by atoms with van der Waals surface area (Å²) in [5.41, 5.74) is 13.1. The molecule has 0 aromatic rings. The number of aliphatic hydroxyl groups is 3. The summed E-state index contributed by atoms with van der Waals surface area (Å²) in [5, 5.41) is 48.5. The van der Waals surface area contributed by atoms with E-state index in [2.05, 4.69) is 54.9 Å². The molecule has 0 aromatic heterocycles. The van der Waals surface area contributed by atoms with Gasteiger partial charge < -0.3 is 63.6 Å². The number of aliphatic hydroxyl groups excluding tert-OH is 3. The highest BCUT2D eigenvalue weighted by atomic mass is 32.1. The maximum Gasteiger partial charge on any atom is 0.245 e. The molecule has 4 aliphatic heterocycles. The predicted molar refractivity (Wildman–Crippen MR) is 261 cm³/mol. The first kappa shape index (κ1) is 61.6. The molecule has 4 heterocycles. The van der Waals surface area contributed by atoms with Gasteiger partial charge in [0.05, 0.1) is 77.0 Å². The molecule has 15 N–H and O–H groups in total. The molecule has 0 aromatic carbocycles. The van der Waals surface area contributed by atoms with Crippen molar-refractivity contribution in [2.75, 3.05) is 72.2 Å². The molecule has 4 fully saturated rings. The standard InChI is InChI=1S/C44H70N14O16S/c1-23(33(63)15-34(64)29-6-2-10-55(29)44(74)32-9-5-13-58(32)57-12-4-8-31(57)43(73)51-26(20-59)39(46)69)47-16-24(62)17-49-40(70)27(21-60)52-41(71)28(22-61)53-42(72)30-7-3-11-56(30)50-19-37(67)48-18-35(65)38(68)25(54-75)14-36(45)66/h23,25-32,47,50,54,59-61,75H,2-22H2,1H3,(H2,45,66)(H2,46,69)(H,48,67)(H,49,70)(H,51,73)(H,52,71)(H,53,72)/t23-,25-,26-,27-,28-,29-,30-,31-,32-/m0/s1. The summed E-state index contributed by atoms with van der Waals surface area (Å²) in [5.74, 6) is -9.85. The zero-order valence-electron chi connectivity index (χ0n) is 41.6. The molecule has 0 spiro atoms. The molecular formula is C44H70N14O16S. The number of nitrogens with two attached hydrogens (primary N) is 2. The fraction of sp³-hybridized carbons (Fsp3) is 0.705. The summed E-state index contributed by atoms with van der Waals surface area (Å²) >= 11 is 3.70. The first-order chi connectivity index (χ1) is 35.6. The molecule has 8 amide bonds. The largest absolute Gasteiger partial charge is 0.394 e. The molecule has 75 heavy (non-hydrogen) atoms. The van der Waals surface area contributed by atoms with Gasteiger partial charge in [-0.15, -0.1) is 0 Å². The van der Waals surface area contributed by atoms with Gasteiger partial charge in [-0.3, -0.25) is 67.1 Å². The molecule has 4 rings (SSSR count). The topological polar surface area (TPSA) is 444 Å². The van der Waals surface area contributed by atoms with Crippen LogP contribution in [0.15, 0.2) is 0 Å². The number of primary amides is 2. The van der Waals surface area contributed by atoms with E-state index in [1.54, 1.807) is 5.01 Å². The summed E-state index contributed by atoms with van der Waals surface area (Å²) in [6.45, 7) is -1.82. The highest BCUT2D eigenvalue weighted by Gasteiger charge is 2.46. The van der Waals surface area contributed by atoms with Crippen molar-refractivity contribution in [3.8, 4) is 0 Å². The summed E-state index contributed by atoms with van der Waals surface area (Å²) in [4.78, 5) is 167. The van der Waals surface area contributed by atoms with Crippen LogP contribution in [0.2, 0.25) is 0 Å². The molecule has 9 atom stereocenters. The van der Waals surface area contributed by atoms with E-state index in [4.69, 9.17) is 11.5 Å². The van der Waals surface area contributed by atoms with Crippen LogP contribution in [0.3, 0.4) is 0 Å². The van der Waals surface area contributed by atoms with Crippen molar-refractivity contribution in [2.45, 2.75) is 126 Å². The van der Waals surface area contributed by atoms with Gasteiger partial charge in [0.1, 0.15) is 36.3 Å². The zero-order chi connectivity index (χ0) is 55.5. The number of nitrogens with zero attached hydrogens (tertiary/aromatic N) is 4. The van der Waals surface area contributed by atoms with E-state index in [0.29, 0.717) is 58.0 Å². The van der Waals surface area contributed by atoms with E-state index in [0.717, 1.165) is 0 Å². The van der Waals surface area contributed by atoms with Crippen LogP contribution in [0.4, 0.5) is 0 Å². The lowest BCUT2D eigenvalue weighted by Gasteiger charge is -2.38. The van der Waals surface area contributed by atoms with E-state index >= 15 is 0 Å². The summed E-state index contributed by atoms with van der Waals surface area (Å²) in [6.07, 6.45) is 2.72. The molecule has 0 bridgehead atoms. The lowest BCUT2D eigenvalue weighted by Crippen LogP contribution is -2.59. The average Bonchev–Trinajstić information content (AvgIpc) is 4.24. The molecule has 0 aliphatic carbocycles. The molecule has 418 valence electrons. The van der Waals surface area contributed by atoms with Crippen LogP contribution in [0.5, 0.6) is 0 Å². The number of carbonyl (C=O) groups is 13. The van der Waals surface area contributed by atoms with Crippen LogP contribution in [0.1, 0.15) is 71.1 Å². The highest BCUT2D eigenvalue weighted by molar-refractivity contribution is 7.78. The van der Waals surface area contributed by atoms with Crippen molar-refractivity contribution in [2.24, 2.45) is 11.5 Å². The SMILES string of the molecule is C[C@H](NCC(=O)CNC(=O)[C@H](CO)NC(=O)[C@H](CO)NC(=O)[C@@H]1CCCN1NCC(=O)NCC(=O)C(=O)[C@H](CC(N)=O)NS)C(=O)CC(=O)[C@@H]1CCCN1C(=O)[C@@H]1CCCN1N1CCC[C@H]1C(=O)N[C@@H](CO)C(N)=O. The Morgan fingerprint density at radius 2 is 1.17 bits per heavy atom. The minimum absolute atomic E-state index is 0.256. The molecule has 0 radical (unpaired) electrons. The molecule has 0 unspecified atom stereocenters. The summed E-state index contributed by atoms with van der Waals surface area (Å²) in [6, 6.07) is -10.0. The second-order valence-electron chi connectivity index (χ2n) is 18.5. The molecular weight excluding hydrogens is 1010 g/mol. The third kappa shape index (κ3) is 17.6.